The molecule has 0 atom stereocenters. The van der Waals surface area contributed by atoms with E-state index in [1.807, 2.05) is 36.4 Å². The molecule has 0 aliphatic rings. The average Bonchev–Trinajstić information content (AvgIpc) is 2.56. The van der Waals surface area contributed by atoms with E-state index in [4.69, 9.17) is 15.8 Å². The zero-order valence-corrected chi connectivity index (χ0v) is 12.0. The number of hydrogen-bond donors (Lipinski definition) is 3. The van der Waals surface area contributed by atoms with E-state index in [1.54, 1.807) is 12.1 Å². The summed E-state index contributed by atoms with van der Waals surface area (Å²) < 4.78 is 0. The van der Waals surface area contributed by atoms with Crippen LogP contribution < -0.4 is 11.2 Å². The summed E-state index contributed by atoms with van der Waals surface area (Å²) in [6, 6.07) is 23.2. The maximum absolute atomic E-state index is 9.11. The summed E-state index contributed by atoms with van der Waals surface area (Å²) in [6.45, 7) is 0. The molecular weight excluding hydrogens is 273 g/mol. The first-order valence-corrected chi connectivity index (χ1v) is 7.06. The van der Waals surface area contributed by atoms with E-state index in [0.717, 1.165) is 27.9 Å². The molecule has 3 rings (SSSR count). The Bertz CT molecular complexity index is 751. The van der Waals surface area contributed by atoms with Crippen molar-refractivity contribution < 1.29 is 10.0 Å². The quantitative estimate of drug-likeness (QED) is 0.512. The summed E-state index contributed by atoms with van der Waals surface area (Å²) in [5.41, 5.74) is 11.3. The molecule has 0 heterocycles. The van der Waals surface area contributed by atoms with Crippen molar-refractivity contribution in [3.8, 4) is 22.3 Å². The Kier molecular flexibility index (Phi) is 3.96. The van der Waals surface area contributed by atoms with Crippen LogP contribution in [0.3, 0.4) is 0 Å². The van der Waals surface area contributed by atoms with Crippen molar-refractivity contribution in [3.63, 3.8) is 0 Å². The fraction of sp³-hybridized carbons (Fsp3) is 0. The zero-order valence-electron chi connectivity index (χ0n) is 12.0. The van der Waals surface area contributed by atoms with Gasteiger partial charge in [-0.2, -0.15) is 0 Å². The topological polar surface area (TPSA) is 66.5 Å². The maximum atomic E-state index is 9.11. The van der Waals surface area contributed by atoms with Gasteiger partial charge >= 0.3 is 7.12 Å². The van der Waals surface area contributed by atoms with Gasteiger partial charge in [-0.1, -0.05) is 60.7 Å². The van der Waals surface area contributed by atoms with Crippen LogP contribution in [0, 0.1) is 0 Å². The van der Waals surface area contributed by atoms with Crippen LogP contribution in [0.2, 0.25) is 0 Å². The Hall–Kier alpha value is -2.56. The predicted molar refractivity (Wildman–Crippen MR) is 91.6 cm³/mol. The molecule has 0 aliphatic carbocycles. The van der Waals surface area contributed by atoms with Crippen molar-refractivity contribution >= 4 is 18.3 Å². The molecule has 0 aromatic heterocycles. The van der Waals surface area contributed by atoms with Crippen LogP contribution in [0.1, 0.15) is 0 Å². The van der Waals surface area contributed by atoms with Crippen molar-refractivity contribution in [3.05, 3.63) is 72.8 Å². The molecule has 4 heteroatoms. The van der Waals surface area contributed by atoms with Crippen LogP contribution in [0.15, 0.2) is 72.8 Å². The summed E-state index contributed by atoms with van der Waals surface area (Å²) in [4.78, 5) is 0. The molecule has 4 N–H and O–H groups in total. The van der Waals surface area contributed by atoms with E-state index in [0.29, 0.717) is 5.46 Å². The first-order valence-electron chi connectivity index (χ1n) is 7.06. The van der Waals surface area contributed by atoms with Gasteiger partial charge in [0.2, 0.25) is 0 Å². The van der Waals surface area contributed by atoms with Gasteiger partial charge in [-0.3, -0.25) is 0 Å². The van der Waals surface area contributed by atoms with E-state index >= 15 is 0 Å². The highest BCUT2D eigenvalue weighted by atomic mass is 16.4. The van der Waals surface area contributed by atoms with Gasteiger partial charge in [0.1, 0.15) is 0 Å². The van der Waals surface area contributed by atoms with Crippen LogP contribution in [0.4, 0.5) is 5.69 Å². The number of anilines is 1. The Morgan fingerprint density at radius 3 is 1.23 bits per heavy atom. The minimum absolute atomic E-state index is 0.488. The molecule has 0 spiro atoms. The molecule has 3 aromatic rings. The van der Waals surface area contributed by atoms with Gasteiger partial charge in [-0.05, 0) is 39.8 Å². The van der Waals surface area contributed by atoms with Gasteiger partial charge in [-0.25, -0.2) is 0 Å². The van der Waals surface area contributed by atoms with Gasteiger partial charge < -0.3 is 15.8 Å². The Balaban J connectivity index is 1.86. The van der Waals surface area contributed by atoms with E-state index < -0.39 is 7.12 Å². The molecule has 0 unspecified atom stereocenters. The first kappa shape index (κ1) is 14.4. The molecule has 0 fully saturated rings. The molecule has 3 nitrogen and oxygen atoms in total. The van der Waals surface area contributed by atoms with Gasteiger partial charge in [0.25, 0.3) is 0 Å². The summed E-state index contributed by atoms with van der Waals surface area (Å²) in [7, 11) is -1.43. The SMILES string of the molecule is Nc1ccc(-c2ccc(-c3ccc(B(O)O)cc3)cc2)cc1. The van der Waals surface area contributed by atoms with Gasteiger partial charge in [0.05, 0.1) is 0 Å². The molecule has 22 heavy (non-hydrogen) atoms. The van der Waals surface area contributed by atoms with Crippen LogP contribution in [-0.2, 0) is 0 Å². The van der Waals surface area contributed by atoms with Gasteiger partial charge in [0, 0.05) is 5.69 Å². The monoisotopic (exact) mass is 289 g/mol. The van der Waals surface area contributed by atoms with Gasteiger partial charge in [0.15, 0.2) is 0 Å². The van der Waals surface area contributed by atoms with E-state index in [9.17, 15) is 0 Å². The third kappa shape index (κ3) is 3.03. The number of nitrogens with two attached hydrogens (primary N) is 1. The Morgan fingerprint density at radius 1 is 0.545 bits per heavy atom. The summed E-state index contributed by atoms with van der Waals surface area (Å²) in [5.74, 6) is 0. The van der Waals surface area contributed by atoms with Crippen LogP contribution in [0.25, 0.3) is 22.3 Å². The van der Waals surface area contributed by atoms with Crippen molar-refractivity contribution in [2.45, 2.75) is 0 Å². The van der Waals surface area contributed by atoms with Crippen LogP contribution >= 0.6 is 0 Å². The highest BCUT2D eigenvalue weighted by Gasteiger charge is 2.10. The smallest absolute Gasteiger partial charge is 0.423 e. The van der Waals surface area contributed by atoms with Crippen molar-refractivity contribution in [1.29, 1.82) is 0 Å². The summed E-state index contributed by atoms with van der Waals surface area (Å²) >= 11 is 0. The molecule has 0 bridgehead atoms. The highest BCUT2D eigenvalue weighted by Crippen LogP contribution is 2.25. The Morgan fingerprint density at radius 2 is 0.864 bits per heavy atom. The molecule has 0 radical (unpaired) electrons. The summed E-state index contributed by atoms with van der Waals surface area (Å²) in [5, 5.41) is 18.2. The minimum atomic E-state index is -1.43. The number of benzene rings is 3. The lowest BCUT2D eigenvalue weighted by atomic mass is 9.80. The fourth-order valence-electron chi connectivity index (χ4n) is 2.38. The predicted octanol–water partition coefficient (Wildman–Crippen LogP) is 2.28. The first-order chi connectivity index (χ1) is 10.6. The number of nitrogen functional groups attached to an aromatic ring is 1. The summed E-state index contributed by atoms with van der Waals surface area (Å²) in [6.07, 6.45) is 0. The lowest BCUT2D eigenvalue weighted by molar-refractivity contribution is 0.426. The van der Waals surface area contributed by atoms with Crippen LogP contribution in [0.5, 0.6) is 0 Å². The molecular formula is C18H16BNO2. The second kappa shape index (κ2) is 6.06. The van der Waals surface area contributed by atoms with Crippen molar-refractivity contribution in [1.82, 2.24) is 0 Å². The lowest BCUT2D eigenvalue weighted by Crippen LogP contribution is -2.29. The molecule has 0 aliphatic heterocycles. The average molecular weight is 289 g/mol. The van der Waals surface area contributed by atoms with Crippen LogP contribution in [-0.4, -0.2) is 17.2 Å². The second-order valence-corrected chi connectivity index (χ2v) is 5.20. The second-order valence-electron chi connectivity index (χ2n) is 5.20. The van der Waals surface area contributed by atoms with Gasteiger partial charge in [-0.15, -0.1) is 0 Å². The number of hydrogen-bond acceptors (Lipinski definition) is 3. The highest BCUT2D eigenvalue weighted by molar-refractivity contribution is 6.58. The normalized spacial score (nSPS) is 10.5. The lowest BCUT2D eigenvalue weighted by Gasteiger charge is -2.06. The third-order valence-corrected chi connectivity index (χ3v) is 3.67. The Labute approximate surface area is 129 Å². The van der Waals surface area contributed by atoms with E-state index in [1.165, 1.54) is 0 Å². The van der Waals surface area contributed by atoms with Crippen molar-refractivity contribution in [2.24, 2.45) is 0 Å². The molecule has 108 valence electrons. The largest absolute Gasteiger partial charge is 0.488 e. The molecule has 0 amide bonds. The molecule has 0 saturated heterocycles. The van der Waals surface area contributed by atoms with Crippen molar-refractivity contribution in [2.75, 3.05) is 5.73 Å². The zero-order chi connectivity index (χ0) is 15.5. The molecule has 3 aromatic carbocycles. The van der Waals surface area contributed by atoms with E-state index in [-0.39, 0.29) is 0 Å². The standard InChI is InChI=1S/C18H16BNO2/c20-18-11-7-16(8-12-18)14-3-1-13(2-4-14)15-5-9-17(10-6-15)19(21)22/h1-12,21-22H,20H2. The number of rotatable bonds is 3. The fourth-order valence-corrected chi connectivity index (χ4v) is 2.38. The van der Waals surface area contributed by atoms with E-state index in [2.05, 4.69) is 24.3 Å². The maximum Gasteiger partial charge on any atom is 0.488 e. The molecule has 0 saturated carbocycles. The minimum Gasteiger partial charge on any atom is -0.423 e. The third-order valence-electron chi connectivity index (χ3n) is 3.67.